The summed E-state index contributed by atoms with van der Waals surface area (Å²) in [7, 11) is 0. The van der Waals surface area contributed by atoms with Crippen LogP contribution < -0.4 is 0 Å². The van der Waals surface area contributed by atoms with E-state index in [1.807, 2.05) is 0 Å². The molecule has 0 aromatic heterocycles. The fourth-order valence-electron chi connectivity index (χ4n) is 7.18. The molecule has 1 atom stereocenters. The predicted octanol–water partition coefficient (Wildman–Crippen LogP) is 17.8. The summed E-state index contributed by atoms with van der Waals surface area (Å²) in [6.07, 6.45) is 69.5. The number of hydrogen-bond donors (Lipinski definition) is 0. The van der Waals surface area contributed by atoms with Crippen LogP contribution in [0.15, 0.2) is 97.2 Å². The van der Waals surface area contributed by atoms with Crippen LogP contribution in [0.2, 0.25) is 0 Å². The largest absolute Gasteiger partial charge is 0.462 e. The van der Waals surface area contributed by atoms with Gasteiger partial charge in [-0.3, -0.25) is 14.4 Å². The second-order valence-corrected chi connectivity index (χ2v) is 17.5. The third-order valence-electron chi connectivity index (χ3n) is 11.2. The molecule has 0 aliphatic rings. The summed E-state index contributed by atoms with van der Waals surface area (Å²) in [4.78, 5) is 38.1. The molecule has 1 unspecified atom stereocenters. The summed E-state index contributed by atoms with van der Waals surface area (Å²) in [5.41, 5.74) is 0. The first-order valence-corrected chi connectivity index (χ1v) is 26.8. The van der Waals surface area contributed by atoms with Crippen molar-refractivity contribution in [3.8, 4) is 0 Å². The Balaban J connectivity index is 4.44. The summed E-state index contributed by atoms with van der Waals surface area (Å²) < 4.78 is 16.8. The van der Waals surface area contributed by atoms with Crippen LogP contribution in [-0.2, 0) is 28.6 Å². The molecule has 0 saturated carbocycles. The van der Waals surface area contributed by atoms with E-state index in [0.717, 1.165) is 96.3 Å². The van der Waals surface area contributed by atoms with E-state index in [4.69, 9.17) is 14.2 Å². The number of allylic oxidation sites excluding steroid dienone is 16. The monoisotopic (exact) mass is 903 g/mol. The predicted molar refractivity (Wildman–Crippen MR) is 279 cm³/mol. The van der Waals surface area contributed by atoms with Crippen molar-refractivity contribution in [2.75, 3.05) is 13.2 Å². The van der Waals surface area contributed by atoms with Gasteiger partial charge in [0.2, 0.25) is 0 Å². The maximum Gasteiger partial charge on any atom is 0.306 e. The Morgan fingerprint density at radius 1 is 0.338 bits per heavy atom. The first-order chi connectivity index (χ1) is 32.0. The van der Waals surface area contributed by atoms with Crippen molar-refractivity contribution in [2.45, 2.75) is 245 Å². The lowest BCUT2D eigenvalue weighted by atomic mass is 10.1. The van der Waals surface area contributed by atoms with Gasteiger partial charge in [-0.1, -0.05) is 227 Å². The number of carbonyl (C=O) groups is 3. The van der Waals surface area contributed by atoms with Gasteiger partial charge in [-0.15, -0.1) is 0 Å². The van der Waals surface area contributed by atoms with Crippen LogP contribution in [0.3, 0.4) is 0 Å². The Hall–Kier alpha value is -3.67. The molecule has 0 aromatic carbocycles. The third-order valence-corrected chi connectivity index (χ3v) is 11.2. The zero-order valence-corrected chi connectivity index (χ0v) is 42.2. The molecule has 0 amide bonds. The second-order valence-electron chi connectivity index (χ2n) is 17.5. The number of rotatable bonds is 47. The Bertz CT molecular complexity index is 1310. The molecule has 0 aliphatic carbocycles. The lowest BCUT2D eigenvalue weighted by Gasteiger charge is -2.18. The van der Waals surface area contributed by atoms with Crippen molar-refractivity contribution >= 4 is 17.9 Å². The van der Waals surface area contributed by atoms with E-state index in [1.54, 1.807) is 0 Å². The van der Waals surface area contributed by atoms with Crippen molar-refractivity contribution in [3.63, 3.8) is 0 Å². The van der Waals surface area contributed by atoms with E-state index in [9.17, 15) is 14.4 Å². The Labute approximate surface area is 400 Å². The lowest BCUT2D eigenvalue weighted by molar-refractivity contribution is -0.167. The smallest absolute Gasteiger partial charge is 0.306 e. The van der Waals surface area contributed by atoms with Gasteiger partial charge in [0.25, 0.3) is 0 Å². The molecule has 0 aromatic rings. The van der Waals surface area contributed by atoms with E-state index < -0.39 is 6.10 Å². The van der Waals surface area contributed by atoms with Crippen LogP contribution in [-0.4, -0.2) is 37.2 Å². The van der Waals surface area contributed by atoms with Crippen molar-refractivity contribution in [3.05, 3.63) is 97.2 Å². The average Bonchev–Trinajstić information content (AvgIpc) is 3.30. The van der Waals surface area contributed by atoms with Crippen molar-refractivity contribution in [1.82, 2.24) is 0 Å². The topological polar surface area (TPSA) is 78.9 Å². The van der Waals surface area contributed by atoms with Crippen molar-refractivity contribution < 1.29 is 28.6 Å². The molecule has 0 bridgehead atoms. The van der Waals surface area contributed by atoms with Gasteiger partial charge in [0.15, 0.2) is 6.10 Å². The fraction of sp³-hybridized carbons (Fsp3) is 0.678. The van der Waals surface area contributed by atoms with Gasteiger partial charge >= 0.3 is 17.9 Å². The minimum atomic E-state index is -0.793. The maximum absolute atomic E-state index is 12.8. The molecular weight excluding hydrogens is 805 g/mol. The minimum absolute atomic E-state index is 0.0915. The van der Waals surface area contributed by atoms with Gasteiger partial charge in [-0.2, -0.15) is 0 Å². The molecule has 0 spiro atoms. The zero-order valence-electron chi connectivity index (χ0n) is 42.2. The highest BCUT2D eigenvalue weighted by atomic mass is 16.6. The van der Waals surface area contributed by atoms with Crippen LogP contribution in [0.25, 0.3) is 0 Å². The van der Waals surface area contributed by atoms with Gasteiger partial charge in [-0.25, -0.2) is 0 Å². The van der Waals surface area contributed by atoms with Crippen LogP contribution in [0.5, 0.6) is 0 Å². The molecule has 0 aliphatic heterocycles. The molecule has 6 heteroatoms. The normalized spacial score (nSPS) is 12.8. The summed E-state index contributed by atoms with van der Waals surface area (Å²) in [6.45, 7) is 6.33. The number of carbonyl (C=O) groups excluding carboxylic acids is 3. The molecule has 6 nitrogen and oxygen atoms in total. The summed E-state index contributed by atoms with van der Waals surface area (Å²) >= 11 is 0. The summed E-state index contributed by atoms with van der Waals surface area (Å²) in [6, 6.07) is 0. The van der Waals surface area contributed by atoms with Crippen LogP contribution in [0, 0.1) is 0 Å². The molecule has 0 rings (SSSR count). The van der Waals surface area contributed by atoms with Gasteiger partial charge in [0.05, 0.1) is 0 Å². The molecule has 0 heterocycles. The van der Waals surface area contributed by atoms with Gasteiger partial charge in [-0.05, 0) is 89.9 Å². The zero-order chi connectivity index (χ0) is 47.2. The quantitative estimate of drug-likeness (QED) is 0.0199. The lowest BCUT2D eigenvalue weighted by Crippen LogP contribution is -2.30. The number of hydrogen-bond acceptors (Lipinski definition) is 6. The van der Waals surface area contributed by atoms with E-state index in [-0.39, 0.29) is 31.1 Å². The van der Waals surface area contributed by atoms with Crippen LogP contribution >= 0.6 is 0 Å². The van der Waals surface area contributed by atoms with Gasteiger partial charge in [0, 0.05) is 19.3 Å². The number of ether oxygens (including phenoxy) is 3. The van der Waals surface area contributed by atoms with Crippen molar-refractivity contribution in [2.24, 2.45) is 0 Å². The van der Waals surface area contributed by atoms with Gasteiger partial charge in [0.1, 0.15) is 13.2 Å². The standard InChI is InChI=1S/C59H98O6/c1-4-7-10-13-16-19-22-25-28-29-32-34-37-40-43-46-49-52-58(61)64-55-56(65-59(62)53-50-47-44-41-38-35-31-27-24-21-18-15-12-9-6-3)54-63-57(60)51-48-45-42-39-36-33-30-26-23-20-17-14-11-8-5-2/h8-9,11-12,14-21,23-25,28,56H,4-7,10,13,22,26-27,29-55H2,1-3H3/b11-8-,12-9-,17-14-,18-15-,19-16-,23-20-,24-21-,28-25-. The molecule has 0 radical (unpaired) electrons. The highest BCUT2D eigenvalue weighted by Crippen LogP contribution is 2.14. The molecule has 0 saturated heterocycles. The first-order valence-electron chi connectivity index (χ1n) is 26.8. The fourth-order valence-corrected chi connectivity index (χ4v) is 7.18. The minimum Gasteiger partial charge on any atom is -0.462 e. The molecule has 370 valence electrons. The molecule has 0 fully saturated rings. The first kappa shape index (κ1) is 61.3. The Kier molecular flexibility index (Phi) is 50.0. The number of esters is 3. The average molecular weight is 903 g/mol. The number of unbranched alkanes of at least 4 members (excludes halogenated alkanes) is 24. The third kappa shape index (κ3) is 51.2. The van der Waals surface area contributed by atoms with Gasteiger partial charge < -0.3 is 14.2 Å². The van der Waals surface area contributed by atoms with Crippen molar-refractivity contribution in [1.29, 1.82) is 0 Å². The Morgan fingerprint density at radius 2 is 0.662 bits per heavy atom. The van der Waals surface area contributed by atoms with Crippen LogP contribution in [0.1, 0.15) is 239 Å². The summed E-state index contributed by atoms with van der Waals surface area (Å²) in [5.74, 6) is -0.924. The van der Waals surface area contributed by atoms with E-state index in [0.29, 0.717) is 19.3 Å². The van der Waals surface area contributed by atoms with Crippen LogP contribution in [0.4, 0.5) is 0 Å². The van der Waals surface area contributed by atoms with E-state index >= 15 is 0 Å². The molecule has 65 heavy (non-hydrogen) atoms. The SMILES string of the molecule is CC\C=C/C=C\C=C/CCCCCCCCCC(=O)OCC(COC(=O)CCCCCCCCC/C=C\C/C=C\CCCCC)OC(=O)CCCCCCCCC\C=C/C=C\C=C/CC. The highest BCUT2D eigenvalue weighted by molar-refractivity contribution is 5.71. The Morgan fingerprint density at radius 3 is 1.05 bits per heavy atom. The second kappa shape index (κ2) is 52.9. The highest BCUT2D eigenvalue weighted by Gasteiger charge is 2.19. The molecular formula is C59H98O6. The van der Waals surface area contributed by atoms with E-state index in [1.165, 1.54) is 103 Å². The summed E-state index contributed by atoms with van der Waals surface area (Å²) in [5, 5.41) is 0. The van der Waals surface area contributed by atoms with E-state index in [2.05, 4.69) is 118 Å². The molecule has 0 N–H and O–H groups in total. The maximum atomic E-state index is 12.8.